The molecule has 336 valence electrons. The van der Waals surface area contributed by atoms with Crippen molar-refractivity contribution in [3.8, 4) is 0 Å². The average Bonchev–Trinajstić information content (AvgIpc) is 3.19. The van der Waals surface area contributed by atoms with Crippen LogP contribution in [0, 0.1) is 0 Å². The van der Waals surface area contributed by atoms with Crippen LogP contribution in [0.4, 0.5) is 0 Å². The van der Waals surface area contributed by atoms with E-state index in [-0.39, 0.29) is 19.4 Å². The zero-order valence-electron chi connectivity index (χ0n) is 36.5. The highest BCUT2D eigenvalue weighted by Crippen LogP contribution is 2.43. The van der Waals surface area contributed by atoms with E-state index in [2.05, 4.69) is 30.5 Å². The molecule has 57 heavy (non-hydrogen) atoms. The summed E-state index contributed by atoms with van der Waals surface area (Å²) in [6.45, 7) is 2.81. The van der Waals surface area contributed by atoms with Crippen molar-refractivity contribution >= 4 is 25.7 Å². The highest BCUT2D eigenvalue weighted by Gasteiger charge is 2.28. The number of phosphoric acid groups is 1. The smallest absolute Gasteiger partial charge is 0.472 e. The zero-order valence-corrected chi connectivity index (χ0v) is 37.3. The molecule has 0 radical (unpaired) electrons. The van der Waals surface area contributed by atoms with Crippen LogP contribution in [0.25, 0.3) is 0 Å². The first-order valence-corrected chi connectivity index (χ1v) is 24.7. The van der Waals surface area contributed by atoms with Gasteiger partial charge < -0.3 is 25.2 Å². The molecule has 0 rings (SSSR count). The lowest BCUT2D eigenvalue weighted by Gasteiger charge is -2.20. The van der Waals surface area contributed by atoms with Crippen molar-refractivity contribution in [2.45, 2.75) is 238 Å². The van der Waals surface area contributed by atoms with E-state index in [1.54, 1.807) is 0 Å². The zero-order chi connectivity index (χ0) is 42.1. The molecule has 0 saturated carbocycles. The van der Waals surface area contributed by atoms with Gasteiger partial charge in [-0.25, -0.2) is 4.57 Å². The lowest BCUT2D eigenvalue weighted by molar-refractivity contribution is -0.161. The minimum Gasteiger partial charge on any atom is -0.480 e. The molecule has 0 saturated heterocycles. The van der Waals surface area contributed by atoms with Gasteiger partial charge in [-0.2, -0.15) is 0 Å². The quantitative estimate of drug-likeness (QED) is 0.0231. The maximum absolute atomic E-state index is 12.6. The minimum atomic E-state index is -4.71. The van der Waals surface area contributed by atoms with E-state index in [0.717, 1.165) is 44.9 Å². The van der Waals surface area contributed by atoms with E-state index in [4.69, 9.17) is 24.8 Å². The van der Waals surface area contributed by atoms with Gasteiger partial charge >= 0.3 is 25.7 Å². The van der Waals surface area contributed by atoms with E-state index < -0.39 is 51.1 Å². The number of phosphoric ester groups is 1. The van der Waals surface area contributed by atoms with E-state index in [1.165, 1.54) is 141 Å². The topological polar surface area (TPSA) is 172 Å². The fraction of sp³-hybridized carbons (Fsp3) is 0.889. The van der Waals surface area contributed by atoms with Crippen LogP contribution in [-0.2, 0) is 37.5 Å². The number of carboxylic acid groups (broad SMARTS) is 1. The van der Waals surface area contributed by atoms with Crippen molar-refractivity contribution in [1.29, 1.82) is 0 Å². The standard InChI is InChI=1S/C45H86NO10P/c1-3-5-7-9-11-13-15-17-18-19-20-21-22-23-25-26-28-30-32-34-36-43(47)53-38-41(39-54-57(51,52)55-40-42(46)45(49)50)56-44(48)37-35-33-31-29-27-24-16-14-12-10-8-6-4-2/h24,27,41-42H,3-23,25-26,28-40,46H2,1-2H3,(H,49,50)(H,51,52)/b27-24+/t41-,42+/m0/s1. The van der Waals surface area contributed by atoms with Gasteiger partial charge in [-0.3, -0.25) is 23.4 Å². The van der Waals surface area contributed by atoms with Crippen molar-refractivity contribution in [2.24, 2.45) is 5.73 Å². The molecule has 12 heteroatoms. The van der Waals surface area contributed by atoms with Gasteiger partial charge in [0.1, 0.15) is 12.6 Å². The molecule has 0 spiro atoms. The third-order valence-electron chi connectivity index (χ3n) is 10.3. The number of esters is 2. The number of hydrogen-bond acceptors (Lipinski definition) is 9. The Morgan fingerprint density at radius 2 is 0.877 bits per heavy atom. The van der Waals surface area contributed by atoms with Crippen LogP contribution in [0.1, 0.15) is 226 Å². The van der Waals surface area contributed by atoms with Crippen LogP contribution in [0.3, 0.4) is 0 Å². The SMILES string of the molecule is CCCCCCCC/C=C/CCCCCC(=O)O[C@@H](COC(=O)CCCCCCCCCCCCCCCCCCCCCC)COP(=O)(O)OC[C@@H](N)C(=O)O. The van der Waals surface area contributed by atoms with Crippen LogP contribution in [0.15, 0.2) is 12.2 Å². The maximum atomic E-state index is 12.6. The van der Waals surface area contributed by atoms with Crippen molar-refractivity contribution in [1.82, 2.24) is 0 Å². The Bertz CT molecular complexity index is 1030. The van der Waals surface area contributed by atoms with Gasteiger partial charge in [0.25, 0.3) is 0 Å². The molecule has 4 N–H and O–H groups in total. The van der Waals surface area contributed by atoms with E-state index in [9.17, 15) is 23.8 Å². The summed E-state index contributed by atoms with van der Waals surface area (Å²) in [6.07, 6.45) is 41.4. The van der Waals surface area contributed by atoms with Gasteiger partial charge in [0.2, 0.25) is 0 Å². The first-order chi connectivity index (χ1) is 27.6. The summed E-state index contributed by atoms with van der Waals surface area (Å²) >= 11 is 0. The molecule has 0 aromatic rings. The third kappa shape index (κ3) is 40.8. The van der Waals surface area contributed by atoms with Crippen molar-refractivity contribution < 1.29 is 47.5 Å². The molecule has 0 heterocycles. The van der Waals surface area contributed by atoms with E-state index >= 15 is 0 Å². The summed E-state index contributed by atoms with van der Waals surface area (Å²) in [5, 5.41) is 8.89. The fourth-order valence-electron chi connectivity index (χ4n) is 6.59. The first-order valence-electron chi connectivity index (χ1n) is 23.2. The number of carboxylic acids is 1. The summed E-state index contributed by atoms with van der Waals surface area (Å²) in [7, 11) is -4.71. The summed E-state index contributed by atoms with van der Waals surface area (Å²) in [5.41, 5.74) is 5.33. The molecule has 3 atom stereocenters. The Hall–Kier alpha value is -1.78. The number of nitrogens with two attached hydrogens (primary N) is 1. The normalized spacial score (nSPS) is 13.8. The predicted molar refractivity (Wildman–Crippen MR) is 231 cm³/mol. The largest absolute Gasteiger partial charge is 0.480 e. The second kappa shape index (κ2) is 41.0. The highest BCUT2D eigenvalue weighted by atomic mass is 31.2. The molecule has 0 aromatic heterocycles. The van der Waals surface area contributed by atoms with Crippen LogP contribution in [0.2, 0.25) is 0 Å². The van der Waals surface area contributed by atoms with Crippen LogP contribution in [-0.4, -0.2) is 59.9 Å². The molecule has 0 aromatic carbocycles. The minimum absolute atomic E-state index is 0.145. The number of hydrogen-bond donors (Lipinski definition) is 3. The Morgan fingerprint density at radius 1 is 0.526 bits per heavy atom. The Labute approximate surface area is 348 Å². The van der Waals surface area contributed by atoms with Crippen LogP contribution < -0.4 is 5.73 Å². The van der Waals surface area contributed by atoms with Gasteiger partial charge in [-0.15, -0.1) is 0 Å². The molecular formula is C45H86NO10P. The molecule has 11 nitrogen and oxygen atoms in total. The molecule has 0 bridgehead atoms. The molecule has 0 amide bonds. The molecule has 0 aliphatic carbocycles. The predicted octanol–water partition coefficient (Wildman–Crippen LogP) is 12.5. The average molecular weight is 832 g/mol. The number of carbonyl (C=O) groups excluding carboxylic acids is 2. The Kier molecular flexibility index (Phi) is 39.7. The molecule has 0 fully saturated rings. The van der Waals surface area contributed by atoms with Crippen LogP contribution >= 0.6 is 7.82 Å². The van der Waals surface area contributed by atoms with E-state index in [1.807, 2.05) is 0 Å². The maximum Gasteiger partial charge on any atom is 0.472 e. The van der Waals surface area contributed by atoms with Gasteiger partial charge in [0.15, 0.2) is 6.10 Å². The second-order valence-electron chi connectivity index (χ2n) is 15.9. The van der Waals surface area contributed by atoms with Gasteiger partial charge in [-0.1, -0.05) is 187 Å². The second-order valence-corrected chi connectivity index (χ2v) is 17.3. The number of carbonyl (C=O) groups is 3. The Balaban J connectivity index is 4.25. The van der Waals surface area contributed by atoms with Gasteiger partial charge in [0.05, 0.1) is 13.2 Å². The number of aliphatic carboxylic acids is 1. The molecule has 0 aliphatic rings. The lowest BCUT2D eigenvalue weighted by atomic mass is 10.0. The number of rotatable bonds is 44. The van der Waals surface area contributed by atoms with Crippen LogP contribution in [0.5, 0.6) is 0 Å². The highest BCUT2D eigenvalue weighted by molar-refractivity contribution is 7.47. The van der Waals surface area contributed by atoms with E-state index in [0.29, 0.717) is 12.8 Å². The fourth-order valence-corrected chi connectivity index (χ4v) is 7.37. The van der Waals surface area contributed by atoms with Crippen molar-refractivity contribution in [2.75, 3.05) is 19.8 Å². The molecule has 0 aliphatic heterocycles. The van der Waals surface area contributed by atoms with Gasteiger partial charge in [0, 0.05) is 12.8 Å². The first kappa shape index (κ1) is 55.2. The number of allylic oxidation sites excluding steroid dienone is 2. The summed E-state index contributed by atoms with van der Waals surface area (Å²) < 4.78 is 32.7. The molecular weight excluding hydrogens is 745 g/mol. The Morgan fingerprint density at radius 3 is 1.30 bits per heavy atom. The number of ether oxygens (including phenoxy) is 2. The number of unbranched alkanes of at least 4 members (excludes halogenated alkanes) is 28. The summed E-state index contributed by atoms with van der Waals surface area (Å²) in [4.78, 5) is 46.0. The summed E-state index contributed by atoms with van der Waals surface area (Å²) in [5.74, 6) is -2.38. The van der Waals surface area contributed by atoms with Crippen molar-refractivity contribution in [3.63, 3.8) is 0 Å². The van der Waals surface area contributed by atoms with Crippen molar-refractivity contribution in [3.05, 3.63) is 12.2 Å². The monoisotopic (exact) mass is 832 g/mol. The summed E-state index contributed by atoms with van der Waals surface area (Å²) in [6, 6.07) is -1.52. The third-order valence-corrected chi connectivity index (χ3v) is 11.2. The molecule has 1 unspecified atom stereocenters. The van der Waals surface area contributed by atoms with Gasteiger partial charge in [-0.05, 0) is 38.5 Å². The lowest BCUT2D eigenvalue weighted by Crippen LogP contribution is -2.34.